The fourth-order valence-corrected chi connectivity index (χ4v) is 1.93. The van der Waals surface area contributed by atoms with E-state index >= 15 is 0 Å². The first kappa shape index (κ1) is 13.9. The van der Waals surface area contributed by atoms with Gasteiger partial charge in [-0.05, 0) is 18.6 Å². The van der Waals surface area contributed by atoms with Crippen molar-refractivity contribution in [2.24, 2.45) is 5.73 Å². The summed E-state index contributed by atoms with van der Waals surface area (Å²) >= 11 is 1.22. The summed E-state index contributed by atoms with van der Waals surface area (Å²) in [5.41, 5.74) is 4.91. The Hall–Kier alpha value is -1.17. The topological polar surface area (TPSA) is 43.1 Å². The molecule has 0 bridgehead atoms. The molecule has 1 unspecified atom stereocenters. The molecule has 0 aliphatic heterocycles. The smallest absolute Gasteiger partial charge is 0.369 e. The van der Waals surface area contributed by atoms with Gasteiger partial charge in [-0.25, -0.2) is 0 Å². The van der Waals surface area contributed by atoms with Gasteiger partial charge in [0, 0.05) is 5.75 Å². The van der Waals surface area contributed by atoms with Crippen molar-refractivity contribution in [2.45, 2.75) is 24.1 Å². The quantitative estimate of drug-likeness (QED) is 0.907. The first-order valence-electron chi connectivity index (χ1n) is 4.88. The van der Waals surface area contributed by atoms with Gasteiger partial charge < -0.3 is 5.73 Å². The number of hydrogen-bond donors (Lipinski definition) is 1. The van der Waals surface area contributed by atoms with Crippen LogP contribution in [0.1, 0.15) is 18.1 Å². The summed E-state index contributed by atoms with van der Waals surface area (Å²) in [6.45, 7) is 1.63. The molecule has 6 heteroatoms. The average Bonchev–Trinajstić information content (AvgIpc) is 2.25. The van der Waals surface area contributed by atoms with Gasteiger partial charge in [0.15, 0.2) is 0 Å². The summed E-state index contributed by atoms with van der Waals surface area (Å²) in [5.74, 6) is -0.143. The first-order chi connectivity index (χ1) is 7.80. The summed E-state index contributed by atoms with van der Waals surface area (Å²) in [4.78, 5) is 10.8. The van der Waals surface area contributed by atoms with Gasteiger partial charge in [0.05, 0.1) is 10.8 Å². The fourth-order valence-electron chi connectivity index (χ4n) is 1.14. The molecule has 0 radical (unpaired) electrons. The second kappa shape index (κ2) is 5.44. The van der Waals surface area contributed by atoms with Gasteiger partial charge >= 0.3 is 6.18 Å². The van der Waals surface area contributed by atoms with Crippen LogP contribution >= 0.6 is 11.8 Å². The van der Waals surface area contributed by atoms with E-state index in [1.165, 1.54) is 17.8 Å². The number of carbonyl (C=O) groups excluding carboxylic acids is 1. The summed E-state index contributed by atoms with van der Waals surface area (Å²) in [6.07, 6.45) is -4.34. The van der Waals surface area contributed by atoms with Crippen LogP contribution in [0.15, 0.2) is 24.3 Å². The van der Waals surface area contributed by atoms with Crippen LogP contribution in [0.2, 0.25) is 0 Å². The lowest BCUT2D eigenvalue weighted by atomic mass is 10.1. The second-order valence-corrected chi connectivity index (χ2v) is 4.88. The molecular formula is C11H12F3NOS. The Morgan fingerprint density at radius 3 is 2.65 bits per heavy atom. The summed E-state index contributed by atoms with van der Waals surface area (Å²) in [6, 6.07) is 5.05. The third-order valence-corrected chi connectivity index (χ3v) is 3.39. The normalized spacial score (nSPS) is 13.4. The SMILES string of the molecule is CC(SCc1cccc(C(F)(F)F)c1)C(N)=O. The maximum atomic E-state index is 12.4. The third-order valence-electron chi connectivity index (χ3n) is 2.15. The minimum Gasteiger partial charge on any atom is -0.369 e. The molecule has 1 aromatic rings. The molecule has 1 atom stereocenters. The number of primary amides is 1. The summed E-state index contributed by atoms with van der Waals surface area (Å²) < 4.78 is 37.2. The van der Waals surface area contributed by atoms with Crippen LogP contribution in [0, 0.1) is 0 Å². The van der Waals surface area contributed by atoms with Crippen molar-refractivity contribution in [2.75, 3.05) is 0 Å². The van der Waals surface area contributed by atoms with Crippen LogP contribution in [0.3, 0.4) is 0 Å². The summed E-state index contributed by atoms with van der Waals surface area (Å²) in [7, 11) is 0. The van der Waals surface area contributed by atoms with Gasteiger partial charge in [0.2, 0.25) is 5.91 Å². The number of thioether (sulfide) groups is 1. The van der Waals surface area contributed by atoms with Crippen molar-refractivity contribution < 1.29 is 18.0 Å². The maximum Gasteiger partial charge on any atom is 0.416 e. The molecule has 94 valence electrons. The lowest BCUT2D eigenvalue weighted by Crippen LogP contribution is -2.22. The van der Waals surface area contributed by atoms with Crippen molar-refractivity contribution in [3.8, 4) is 0 Å². The van der Waals surface area contributed by atoms with Crippen LogP contribution in [0.5, 0.6) is 0 Å². The largest absolute Gasteiger partial charge is 0.416 e. The minimum atomic E-state index is -4.34. The molecule has 17 heavy (non-hydrogen) atoms. The van der Waals surface area contributed by atoms with Crippen molar-refractivity contribution in [1.82, 2.24) is 0 Å². The molecule has 0 aliphatic rings. The van der Waals surface area contributed by atoms with Crippen molar-refractivity contribution in [3.63, 3.8) is 0 Å². The number of nitrogens with two attached hydrogens (primary N) is 1. The Balaban J connectivity index is 2.70. The standard InChI is InChI=1S/C11H12F3NOS/c1-7(10(15)16)17-6-8-3-2-4-9(5-8)11(12,13)14/h2-5,7H,6H2,1H3,(H2,15,16). The highest BCUT2D eigenvalue weighted by atomic mass is 32.2. The van der Waals surface area contributed by atoms with E-state index in [1.807, 2.05) is 0 Å². The molecule has 0 saturated carbocycles. The first-order valence-corrected chi connectivity index (χ1v) is 5.92. The molecule has 1 amide bonds. The van der Waals surface area contributed by atoms with Crippen LogP contribution in [0.4, 0.5) is 13.2 Å². The average molecular weight is 263 g/mol. The molecule has 0 spiro atoms. The number of alkyl halides is 3. The van der Waals surface area contributed by atoms with E-state index < -0.39 is 22.9 Å². The molecule has 0 heterocycles. The van der Waals surface area contributed by atoms with Crippen LogP contribution < -0.4 is 5.73 Å². The van der Waals surface area contributed by atoms with Gasteiger partial charge in [-0.3, -0.25) is 4.79 Å². The van der Waals surface area contributed by atoms with Crippen LogP contribution in [-0.2, 0) is 16.7 Å². The monoisotopic (exact) mass is 263 g/mol. The number of halogens is 3. The molecule has 0 saturated heterocycles. The zero-order valence-electron chi connectivity index (χ0n) is 9.12. The Morgan fingerprint density at radius 2 is 2.12 bits per heavy atom. The zero-order chi connectivity index (χ0) is 13.1. The predicted molar refractivity (Wildman–Crippen MR) is 61.4 cm³/mol. The number of amides is 1. The van der Waals surface area contributed by atoms with E-state index in [-0.39, 0.29) is 0 Å². The van der Waals surface area contributed by atoms with E-state index in [2.05, 4.69) is 0 Å². The van der Waals surface area contributed by atoms with Crippen LogP contribution in [0.25, 0.3) is 0 Å². The highest BCUT2D eigenvalue weighted by molar-refractivity contribution is 7.99. The molecule has 0 aliphatic carbocycles. The van der Waals surface area contributed by atoms with Crippen LogP contribution in [-0.4, -0.2) is 11.2 Å². The number of benzene rings is 1. The molecule has 1 rings (SSSR count). The molecule has 0 aromatic heterocycles. The highest BCUT2D eigenvalue weighted by Gasteiger charge is 2.30. The van der Waals surface area contributed by atoms with Gasteiger partial charge in [-0.1, -0.05) is 18.2 Å². The van der Waals surface area contributed by atoms with E-state index in [1.54, 1.807) is 13.0 Å². The minimum absolute atomic E-state index is 0.327. The molecule has 1 aromatic carbocycles. The molecule has 0 fully saturated rings. The van der Waals surface area contributed by atoms with E-state index in [0.29, 0.717) is 11.3 Å². The van der Waals surface area contributed by atoms with E-state index in [4.69, 9.17) is 5.73 Å². The second-order valence-electron chi connectivity index (χ2n) is 3.55. The van der Waals surface area contributed by atoms with Gasteiger partial charge in [0.1, 0.15) is 0 Å². The van der Waals surface area contributed by atoms with Crippen molar-refractivity contribution >= 4 is 17.7 Å². The van der Waals surface area contributed by atoms with E-state index in [9.17, 15) is 18.0 Å². The maximum absolute atomic E-state index is 12.4. The van der Waals surface area contributed by atoms with Crippen molar-refractivity contribution in [3.05, 3.63) is 35.4 Å². The Labute approximate surface area is 101 Å². The lowest BCUT2D eigenvalue weighted by Gasteiger charge is -2.10. The Morgan fingerprint density at radius 1 is 1.47 bits per heavy atom. The van der Waals surface area contributed by atoms with Gasteiger partial charge in [0.25, 0.3) is 0 Å². The molecular weight excluding hydrogens is 251 g/mol. The van der Waals surface area contributed by atoms with Gasteiger partial charge in [-0.15, -0.1) is 11.8 Å². The molecule has 2 nitrogen and oxygen atoms in total. The number of hydrogen-bond acceptors (Lipinski definition) is 2. The van der Waals surface area contributed by atoms with E-state index in [0.717, 1.165) is 12.1 Å². The zero-order valence-corrected chi connectivity index (χ0v) is 9.94. The molecule has 2 N–H and O–H groups in total. The summed E-state index contributed by atoms with van der Waals surface area (Å²) in [5, 5.41) is -0.412. The van der Waals surface area contributed by atoms with Crippen molar-refractivity contribution in [1.29, 1.82) is 0 Å². The highest BCUT2D eigenvalue weighted by Crippen LogP contribution is 2.30. The van der Waals surface area contributed by atoms with Gasteiger partial charge in [-0.2, -0.15) is 13.2 Å². The Kier molecular flexibility index (Phi) is 4.45. The lowest BCUT2D eigenvalue weighted by molar-refractivity contribution is -0.137. The third kappa shape index (κ3) is 4.30. The fraction of sp³-hybridized carbons (Fsp3) is 0.364. The number of carbonyl (C=O) groups is 1. The Bertz CT molecular complexity index is 406. The number of rotatable bonds is 4. The predicted octanol–water partition coefficient (Wildman–Crippen LogP) is 2.81.